The molecule has 112 valence electrons. The summed E-state index contributed by atoms with van der Waals surface area (Å²) in [4.78, 5) is 4.56. The maximum Gasteiger partial charge on any atom is 0.144 e. The third-order valence-corrected chi connectivity index (χ3v) is 4.05. The summed E-state index contributed by atoms with van der Waals surface area (Å²) in [5, 5.41) is 0. The Morgan fingerprint density at radius 2 is 1.77 bits per heavy atom. The molecule has 3 aromatic rings. The van der Waals surface area contributed by atoms with E-state index in [4.69, 9.17) is 0 Å². The number of hydrogen-bond donors (Lipinski definition) is 0. The van der Waals surface area contributed by atoms with Gasteiger partial charge >= 0.3 is 0 Å². The molecule has 0 aliphatic carbocycles. The van der Waals surface area contributed by atoms with Crippen molar-refractivity contribution in [2.24, 2.45) is 0 Å². The lowest BCUT2D eigenvalue weighted by Gasteiger charge is -2.11. The molecule has 0 bridgehead atoms. The van der Waals surface area contributed by atoms with Crippen LogP contribution in [0.4, 0.5) is 0 Å². The highest BCUT2D eigenvalue weighted by Gasteiger charge is 2.09. The molecule has 2 nitrogen and oxygen atoms in total. The second-order valence-corrected chi connectivity index (χ2v) is 5.71. The molecule has 0 radical (unpaired) electrons. The van der Waals surface area contributed by atoms with Crippen molar-refractivity contribution >= 4 is 0 Å². The zero-order valence-electron chi connectivity index (χ0n) is 13.3. The predicted octanol–water partition coefficient (Wildman–Crippen LogP) is 5.19. The second kappa shape index (κ2) is 6.61. The third-order valence-electron chi connectivity index (χ3n) is 4.05. The van der Waals surface area contributed by atoms with E-state index in [0.29, 0.717) is 0 Å². The van der Waals surface area contributed by atoms with Crippen LogP contribution in [0.15, 0.2) is 60.9 Å². The molecular weight excluding hydrogens is 268 g/mol. The van der Waals surface area contributed by atoms with Gasteiger partial charge in [0, 0.05) is 23.6 Å². The Labute approximate surface area is 132 Å². The van der Waals surface area contributed by atoms with Crippen molar-refractivity contribution in [2.45, 2.75) is 33.1 Å². The largest absolute Gasteiger partial charge is 0.300 e. The van der Waals surface area contributed by atoms with Crippen molar-refractivity contribution in [2.75, 3.05) is 0 Å². The fourth-order valence-electron chi connectivity index (χ4n) is 2.75. The molecule has 0 saturated heterocycles. The van der Waals surface area contributed by atoms with E-state index >= 15 is 0 Å². The molecule has 2 heteroatoms. The number of para-hydroxylation sites is 1. The van der Waals surface area contributed by atoms with Crippen LogP contribution in [0.25, 0.3) is 17.1 Å². The SMILES string of the molecule is CCCCc1ccc(-c2nccn2-c2ccccc2C)cc1. The molecule has 0 unspecified atom stereocenters. The zero-order valence-corrected chi connectivity index (χ0v) is 13.3. The van der Waals surface area contributed by atoms with E-state index in [1.54, 1.807) is 0 Å². The van der Waals surface area contributed by atoms with Crippen LogP contribution in [0.5, 0.6) is 0 Å². The van der Waals surface area contributed by atoms with Gasteiger partial charge in [0.2, 0.25) is 0 Å². The maximum absolute atomic E-state index is 4.56. The topological polar surface area (TPSA) is 17.8 Å². The summed E-state index contributed by atoms with van der Waals surface area (Å²) in [6, 6.07) is 17.2. The number of rotatable bonds is 5. The third kappa shape index (κ3) is 2.96. The Morgan fingerprint density at radius 3 is 2.50 bits per heavy atom. The lowest BCUT2D eigenvalue weighted by Crippen LogP contribution is -1.98. The highest BCUT2D eigenvalue weighted by atomic mass is 15.1. The number of nitrogens with zero attached hydrogens (tertiary/aromatic N) is 2. The molecule has 1 aromatic heterocycles. The van der Waals surface area contributed by atoms with E-state index in [2.05, 4.69) is 71.9 Å². The van der Waals surface area contributed by atoms with Gasteiger partial charge in [0.1, 0.15) is 5.82 Å². The minimum atomic E-state index is 0.997. The quantitative estimate of drug-likeness (QED) is 0.632. The van der Waals surface area contributed by atoms with Gasteiger partial charge in [-0.3, -0.25) is 4.57 Å². The van der Waals surface area contributed by atoms with Gasteiger partial charge in [-0.2, -0.15) is 0 Å². The molecule has 0 amide bonds. The first kappa shape index (κ1) is 14.6. The van der Waals surface area contributed by atoms with Crippen molar-refractivity contribution < 1.29 is 0 Å². The van der Waals surface area contributed by atoms with Crippen molar-refractivity contribution in [1.29, 1.82) is 0 Å². The lowest BCUT2D eigenvalue weighted by atomic mass is 10.1. The molecular formula is C20H22N2. The molecule has 0 spiro atoms. The molecule has 0 atom stereocenters. The van der Waals surface area contributed by atoms with E-state index in [-0.39, 0.29) is 0 Å². The van der Waals surface area contributed by atoms with Crippen molar-refractivity contribution in [1.82, 2.24) is 9.55 Å². The highest BCUT2D eigenvalue weighted by Crippen LogP contribution is 2.24. The molecule has 0 aliphatic heterocycles. The standard InChI is InChI=1S/C20H22N2/c1-3-4-8-17-10-12-18(13-11-17)20-21-14-15-22(20)19-9-6-5-7-16(19)2/h5-7,9-15H,3-4,8H2,1-2H3. The number of benzene rings is 2. The molecule has 2 aromatic carbocycles. The Morgan fingerprint density at radius 1 is 1.00 bits per heavy atom. The van der Waals surface area contributed by atoms with Gasteiger partial charge in [-0.25, -0.2) is 4.98 Å². The average Bonchev–Trinajstić information content (AvgIpc) is 3.03. The van der Waals surface area contributed by atoms with E-state index in [1.165, 1.54) is 29.7 Å². The first-order valence-electron chi connectivity index (χ1n) is 7.98. The minimum Gasteiger partial charge on any atom is -0.300 e. The van der Waals surface area contributed by atoms with Gasteiger partial charge in [0.05, 0.1) is 0 Å². The smallest absolute Gasteiger partial charge is 0.144 e. The molecule has 0 N–H and O–H groups in total. The Balaban J connectivity index is 1.94. The predicted molar refractivity (Wildman–Crippen MR) is 92.3 cm³/mol. The lowest BCUT2D eigenvalue weighted by molar-refractivity contribution is 0.795. The van der Waals surface area contributed by atoms with Crippen LogP contribution < -0.4 is 0 Å². The summed E-state index contributed by atoms with van der Waals surface area (Å²) in [6.07, 6.45) is 7.54. The van der Waals surface area contributed by atoms with Gasteiger partial charge in [-0.1, -0.05) is 55.8 Å². The van der Waals surface area contributed by atoms with Crippen LogP contribution in [0.1, 0.15) is 30.9 Å². The van der Waals surface area contributed by atoms with Crippen LogP contribution in [0.3, 0.4) is 0 Å². The summed E-state index contributed by atoms with van der Waals surface area (Å²) >= 11 is 0. The van der Waals surface area contributed by atoms with Crippen molar-refractivity contribution in [3.63, 3.8) is 0 Å². The molecule has 1 heterocycles. The van der Waals surface area contributed by atoms with Gasteiger partial charge in [0.25, 0.3) is 0 Å². The summed E-state index contributed by atoms with van der Waals surface area (Å²) in [7, 11) is 0. The van der Waals surface area contributed by atoms with Crippen LogP contribution in [0, 0.1) is 6.92 Å². The van der Waals surface area contributed by atoms with Gasteiger partial charge in [-0.15, -0.1) is 0 Å². The summed E-state index contributed by atoms with van der Waals surface area (Å²) in [5.41, 5.74) is 5.00. The maximum atomic E-state index is 4.56. The van der Waals surface area contributed by atoms with E-state index < -0.39 is 0 Å². The van der Waals surface area contributed by atoms with Crippen LogP contribution in [0.2, 0.25) is 0 Å². The summed E-state index contributed by atoms with van der Waals surface area (Å²) in [5.74, 6) is 0.997. The minimum absolute atomic E-state index is 0.997. The van der Waals surface area contributed by atoms with Crippen molar-refractivity contribution in [3.05, 3.63) is 72.1 Å². The zero-order chi connectivity index (χ0) is 15.4. The van der Waals surface area contributed by atoms with Gasteiger partial charge < -0.3 is 0 Å². The van der Waals surface area contributed by atoms with Gasteiger partial charge in [-0.05, 0) is 37.0 Å². The summed E-state index contributed by atoms with van der Waals surface area (Å²) in [6.45, 7) is 4.36. The van der Waals surface area contributed by atoms with E-state index in [1.807, 2.05) is 12.4 Å². The first-order valence-corrected chi connectivity index (χ1v) is 7.98. The number of hydrogen-bond acceptors (Lipinski definition) is 1. The van der Waals surface area contributed by atoms with Crippen molar-refractivity contribution in [3.8, 4) is 17.1 Å². The Bertz CT molecular complexity index is 738. The number of unbranched alkanes of at least 4 members (excludes halogenated alkanes) is 1. The van der Waals surface area contributed by atoms with Crippen LogP contribution >= 0.6 is 0 Å². The fraction of sp³-hybridized carbons (Fsp3) is 0.250. The fourth-order valence-corrected chi connectivity index (χ4v) is 2.75. The molecule has 3 rings (SSSR count). The number of imidazole rings is 1. The molecule has 0 saturated carbocycles. The molecule has 0 fully saturated rings. The normalized spacial score (nSPS) is 10.8. The Kier molecular flexibility index (Phi) is 4.38. The second-order valence-electron chi connectivity index (χ2n) is 5.71. The monoisotopic (exact) mass is 290 g/mol. The van der Waals surface area contributed by atoms with Crippen LogP contribution in [-0.2, 0) is 6.42 Å². The van der Waals surface area contributed by atoms with Crippen LogP contribution in [-0.4, -0.2) is 9.55 Å². The molecule has 22 heavy (non-hydrogen) atoms. The average molecular weight is 290 g/mol. The molecule has 0 aliphatic rings. The number of aromatic nitrogens is 2. The van der Waals surface area contributed by atoms with E-state index in [9.17, 15) is 0 Å². The first-order chi connectivity index (χ1) is 10.8. The Hall–Kier alpha value is -2.35. The van der Waals surface area contributed by atoms with E-state index in [0.717, 1.165) is 17.8 Å². The van der Waals surface area contributed by atoms with Gasteiger partial charge in [0.15, 0.2) is 0 Å². The summed E-state index contributed by atoms with van der Waals surface area (Å²) < 4.78 is 2.16. The number of aryl methyl sites for hydroxylation is 2. The highest BCUT2D eigenvalue weighted by molar-refractivity contribution is 5.60.